The number of likely N-dealkylation sites (tertiary alicyclic amines) is 1. The van der Waals surface area contributed by atoms with Crippen molar-refractivity contribution in [3.05, 3.63) is 0 Å². The fourth-order valence-electron chi connectivity index (χ4n) is 1.54. The van der Waals surface area contributed by atoms with Crippen LogP contribution in [0.4, 0.5) is 0 Å². The Morgan fingerprint density at radius 1 is 1.62 bits per heavy atom. The highest BCUT2D eigenvalue weighted by Crippen LogP contribution is 2.16. The van der Waals surface area contributed by atoms with Gasteiger partial charge in [-0.1, -0.05) is 0 Å². The summed E-state index contributed by atoms with van der Waals surface area (Å²) in [5.41, 5.74) is 0. The van der Waals surface area contributed by atoms with Crippen LogP contribution in [-0.4, -0.2) is 44.5 Å². The number of sulfone groups is 1. The molecule has 0 saturated carbocycles. The van der Waals surface area contributed by atoms with E-state index in [-0.39, 0.29) is 17.4 Å². The molecule has 0 N–H and O–H groups in total. The minimum absolute atomic E-state index is 0.0159. The summed E-state index contributed by atoms with van der Waals surface area (Å²) in [7, 11) is -1.10. The summed E-state index contributed by atoms with van der Waals surface area (Å²) >= 11 is 0. The zero-order valence-electron chi connectivity index (χ0n) is 7.73. The Kier molecular flexibility index (Phi) is 3.28. The predicted molar refractivity (Wildman–Crippen MR) is 49.9 cm³/mol. The van der Waals surface area contributed by atoms with Crippen molar-refractivity contribution in [3.63, 3.8) is 0 Å². The molecule has 5 heteroatoms. The van der Waals surface area contributed by atoms with Gasteiger partial charge in [-0.2, -0.15) is 5.26 Å². The molecule has 4 nitrogen and oxygen atoms in total. The Hall–Kier alpha value is -0.600. The molecule has 1 rings (SSSR count). The Balaban J connectivity index is 2.56. The topological polar surface area (TPSA) is 61.2 Å². The molecule has 74 valence electrons. The lowest BCUT2D eigenvalue weighted by atomic mass is 10.4. The van der Waals surface area contributed by atoms with E-state index in [1.807, 2.05) is 18.0 Å². The summed E-state index contributed by atoms with van der Waals surface area (Å²) in [6.07, 6.45) is 0.826. The number of hydrogen-bond acceptors (Lipinski definition) is 4. The minimum atomic E-state index is -3.02. The highest BCUT2D eigenvalue weighted by Gasteiger charge is 2.30. The van der Waals surface area contributed by atoms with Crippen LogP contribution in [0.2, 0.25) is 0 Å². The van der Waals surface area contributed by atoms with Crippen molar-refractivity contribution < 1.29 is 8.42 Å². The van der Waals surface area contributed by atoms with Crippen LogP contribution in [0.5, 0.6) is 0 Å². The highest BCUT2D eigenvalue weighted by molar-refractivity contribution is 7.92. The van der Waals surface area contributed by atoms with Crippen molar-refractivity contribution in [3.8, 4) is 6.07 Å². The summed E-state index contributed by atoms with van der Waals surface area (Å²) in [6, 6.07) is 1.87. The molecule has 1 heterocycles. The van der Waals surface area contributed by atoms with E-state index >= 15 is 0 Å². The smallest absolute Gasteiger partial charge is 0.155 e. The molecule has 0 radical (unpaired) electrons. The van der Waals surface area contributed by atoms with Gasteiger partial charge in [0.05, 0.1) is 17.1 Å². The van der Waals surface area contributed by atoms with Crippen LogP contribution >= 0.6 is 0 Å². The maximum Gasteiger partial charge on any atom is 0.155 e. The third-order valence-corrected chi connectivity index (χ3v) is 4.53. The van der Waals surface area contributed by atoms with Crippen molar-refractivity contribution in [2.24, 2.45) is 0 Å². The van der Waals surface area contributed by atoms with E-state index in [4.69, 9.17) is 5.26 Å². The zero-order valence-corrected chi connectivity index (χ0v) is 8.55. The number of rotatable bonds is 3. The molecule has 0 spiro atoms. The molecule has 1 aliphatic rings. The predicted octanol–water partition coefficient (Wildman–Crippen LogP) is 0.0190. The van der Waals surface area contributed by atoms with E-state index < -0.39 is 9.84 Å². The van der Waals surface area contributed by atoms with Crippen LogP contribution in [0.15, 0.2) is 0 Å². The van der Waals surface area contributed by atoms with Gasteiger partial charge in [-0.25, -0.2) is 8.42 Å². The van der Waals surface area contributed by atoms with Gasteiger partial charge >= 0.3 is 0 Å². The quantitative estimate of drug-likeness (QED) is 0.647. The van der Waals surface area contributed by atoms with Crippen molar-refractivity contribution in [2.75, 3.05) is 25.9 Å². The first-order valence-electron chi connectivity index (χ1n) is 4.33. The normalized spacial score (nSPS) is 24.5. The molecule has 0 amide bonds. The van der Waals surface area contributed by atoms with Gasteiger partial charge in [0.25, 0.3) is 0 Å². The van der Waals surface area contributed by atoms with Gasteiger partial charge < -0.3 is 4.90 Å². The number of hydrogen-bond donors (Lipinski definition) is 0. The Bertz CT molecular complexity index is 305. The number of nitriles is 1. The molecular formula is C8H14N2O2S. The summed E-state index contributed by atoms with van der Waals surface area (Å²) < 4.78 is 23.1. The Labute approximate surface area is 79.1 Å². The van der Waals surface area contributed by atoms with Gasteiger partial charge in [0, 0.05) is 13.0 Å². The minimum Gasteiger partial charge on any atom is -0.305 e. The Morgan fingerprint density at radius 2 is 2.31 bits per heavy atom. The van der Waals surface area contributed by atoms with Crippen molar-refractivity contribution >= 4 is 9.84 Å². The summed E-state index contributed by atoms with van der Waals surface area (Å²) in [6.45, 7) is 1.46. The maximum absolute atomic E-state index is 11.6. The van der Waals surface area contributed by atoms with Gasteiger partial charge in [-0.05, 0) is 20.0 Å². The molecule has 0 aromatic carbocycles. The van der Waals surface area contributed by atoms with E-state index in [1.165, 1.54) is 0 Å². The van der Waals surface area contributed by atoms with Crippen LogP contribution < -0.4 is 0 Å². The van der Waals surface area contributed by atoms with E-state index in [2.05, 4.69) is 0 Å². The molecule has 0 aromatic heterocycles. The second-order valence-electron chi connectivity index (χ2n) is 3.45. The Morgan fingerprint density at radius 3 is 2.77 bits per heavy atom. The lowest BCUT2D eigenvalue weighted by Crippen LogP contribution is -2.26. The monoisotopic (exact) mass is 202 g/mol. The van der Waals surface area contributed by atoms with Gasteiger partial charge in [0.1, 0.15) is 0 Å². The molecule has 1 fully saturated rings. The first-order chi connectivity index (χ1) is 6.06. The molecule has 1 saturated heterocycles. The second-order valence-corrected chi connectivity index (χ2v) is 5.85. The van der Waals surface area contributed by atoms with Crippen molar-refractivity contribution in [2.45, 2.75) is 18.1 Å². The molecule has 1 atom stereocenters. The van der Waals surface area contributed by atoms with Gasteiger partial charge in [0.2, 0.25) is 0 Å². The summed E-state index contributed by atoms with van der Waals surface area (Å²) in [5, 5.41) is 8.05. The van der Waals surface area contributed by atoms with Crippen LogP contribution in [0.3, 0.4) is 0 Å². The fraction of sp³-hybridized carbons (Fsp3) is 0.875. The standard InChI is InChI=1S/C8H14N2O2S/c1-10-5-3-8(7-10)13(11,12)6-2-4-9/h8H,2-3,5-7H2,1H3. The lowest BCUT2D eigenvalue weighted by molar-refractivity contribution is 0.417. The van der Waals surface area contributed by atoms with Crippen molar-refractivity contribution in [1.82, 2.24) is 4.90 Å². The van der Waals surface area contributed by atoms with Crippen LogP contribution in [-0.2, 0) is 9.84 Å². The third kappa shape index (κ3) is 2.68. The molecular weight excluding hydrogens is 188 g/mol. The highest BCUT2D eigenvalue weighted by atomic mass is 32.2. The summed E-state index contributed by atoms with van der Waals surface area (Å²) in [4.78, 5) is 2.01. The average Bonchev–Trinajstić information content (AvgIpc) is 2.49. The van der Waals surface area contributed by atoms with Gasteiger partial charge in [-0.3, -0.25) is 0 Å². The van der Waals surface area contributed by atoms with E-state index in [0.29, 0.717) is 13.0 Å². The molecule has 0 aromatic rings. The molecule has 1 aliphatic heterocycles. The average molecular weight is 202 g/mol. The first-order valence-corrected chi connectivity index (χ1v) is 6.05. The van der Waals surface area contributed by atoms with Gasteiger partial charge in [-0.15, -0.1) is 0 Å². The van der Waals surface area contributed by atoms with Crippen LogP contribution in [0.25, 0.3) is 0 Å². The second kappa shape index (κ2) is 4.07. The van der Waals surface area contributed by atoms with E-state index in [0.717, 1.165) is 6.54 Å². The SMILES string of the molecule is CN1CCC(S(=O)(=O)CCC#N)C1. The van der Waals surface area contributed by atoms with Crippen LogP contribution in [0.1, 0.15) is 12.8 Å². The van der Waals surface area contributed by atoms with E-state index in [1.54, 1.807) is 0 Å². The summed E-state index contributed by atoms with van der Waals surface area (Å²) in [5.74, 6) is 0.0159. The molecule has 1 unspecified atom stereocenters. The fourth-order valence-corrected chi connectivity index (χ4v) is 3.20. The third-order valence-electron chi connectivity index (χ3n) is 2.35. The maximum atomic E-state index is 11.6. The zero-order chi connectivity index (χ0) is 9.90. The molecule has 13 heavy (non-hydrogen) atoms. The lowest BCUT2D eigenvalue weighted by Gasteiger charge is -2.10. The van der Waals surface area contributed by atoms with Crippen molar-refractivity contribution in [1.29, 1.82) is 5.26 Å². The van der Waals surface area contributed by atoms with Crippen LogP contribution in [0, 0.1) is 11.3 Å². The largest absolute Gasteiger partial charge is 0.305 e. The molecule has 0 bridgehead atoms. The molecule has 0 aliphatic carbocycles. The number of nitrogens with zero attached hydrogens (tertiary/aromatic N) is 2. The van der Waals surface area contributed by atoms with Gasteiger partial charge in [0.15, 0.2) is 9.84 Å². The van der Waals surface area contributed by atoms with E-state index in [9.17, 15) is 8.42 Å². The first kappa shape index (κ1) is 10.5.